The van der Waals surface area contributed by atoms with Crippen LogP contribution in [0.4, 0.5) is 13.2 Å². The SMILES string of the molecule is C[C@H](NC(=O)[C@@H]1C[C@@H]1c1cccnc1)c1ccc(C(F)(F)F)cc1. The molecule has 1 N–H and O–H groups in total. The molecule has 1 amide bonds. The number of rotatable bonds is 4. The minimum atomic E-state index is -4.35. The second-order valence-electron chi connectivity index (χ2n) is 6.09. The fourth-order valence-corrected chi connectivity index (χ4v) is 2.81. The smallest absolute Gasteiger partial charge is 0.349 e. The average Bonchev–Trinajstić information content (AvgIpc) is 3.36. The lowest BCUT2D eigenvalue weighted by atomic mass is 10.1. The molecule has 1 aliphatic rings. The molecule has 1 saturated carbocycles. The van der Waals surface area contributed by atoms with Crippen LogP contribution < -0.4 is 5.32 Å². The molecule has 0 unspecified atom stereocenters. The van der Waals surface area contributed by atoms with Crippen molar-refractivity contribution in [2.24, 2.45) is 5.92 Å². The molecule has 1 aromatic heterocycles. The van der Waals surface area contributed by atoms with E-state index < -0.39 is 11.7 Å². The standard InChI is InChI=1S/C18H17F3N2O/c1-11(12-4-6-14(7-5-12)18(19,20)21)23-17(24)16-9-15(16)13-3-2-8-22-10-13/h2-8,10-11,15-16H,9H2,1H3,(H,23,24)/t11-,15+,16+/m0/s1. The van der Waals surface area contributed by atoms with Crippen LogP contribution in [0.25, 0.3) is 0 Å². The first-order valence-corrected chi connectivity index (χ1v) is 7.73. The highest BCUT2D eigenvalue weighted by Gasteiger charge is 2.44. The third kappa shape index (κ3) is 3.58. The van der Waals surface area contributed by atoms with Crippen LogP contribution in [-0.2, 0) is 11.0 Å². The molecule has 1 heterocycles. The maximum atomic E-state index is 12.6. The van der Waals surface area contributed by atoms with Crippen LogP contribution in [0.3, 0.4) is 0 Å². The summed E-state index contributed by atoms with van der Waals surface area (Å²) in [6, 6.07) is 8.33. The van der Waals surface area contributed by atoms with Gasteiger partial charge in [0.25, 0.3) is 0 Å². The van der Waals surface area contributed by atoms with Gasteiger partial charge in [-0.25, -0.2) is 0 Å². The van der Waals surface area contributed by atoms with Gasteiger partial charge >= 0.3 is 6.18 Å². The molecule has 6 heteroatoms. The lowest BCUT2D eigenvalue weighted by molar-refractivity contribution is -0.137. The second kappa shape index (κ2) is 6.26. The number of carbonyl (C=O) groups is 1. The Morgan fingerprint density at radius 2 is 1.96 bits per heavy atom. The normalized spacial score (nSPS) is 21.2. The fourth-order valence-electron chi connectivity index (χ4n) is 2.81. The number of amides is 1. The molecule has 2 aromatic rings. The van der Waals surface area contributed by atoms with Crippen LogP contribution in [0, 0.1) is 5.92 Å². The van der Waals surface area contributed by atoms with Crippen molar-refractivity contribution in [2.45, 2.75) is 31.5 Å². The molecular weight excluding hydrogens is 317 g/mol. The summed E-state index contributed by atoms with van der Waals surface area (Å²) < 4.78 is 37.7. The first kappa shape index (κ1) is 16.5. The highest BCUT2D eigenvalue weighted by Crippen LogP contribution is 2.47. The number of carbonyl (C=O) groups excluding carboxylic acids is 1. The van der Waals surface area contributed by atoms with Gasteiger partial charge in [0.15, 0.2) is 0 Å². The number of pyridine rings is 1. The van der Waals surface area contributed by atoms with E-state index in [1.807, 2.05) is 12.1 Å². The summed E-state index contributed by atoms with van der Waals surface area (Å²) in [7, 11) is 0. The van der Waals surface area contributed by atoms with Gasteiger partial charge in [-0.15, -0.1) is 0 Å². The highest BCUT2D eigenvalue weighted by molar-refractivity contribution is 5.83. The van der Waals surface area contributed by atoms with Gasteiger partial charge in [0, 0.05) is 18.3 Å². The van der Waals surface area contributed by atoms with E-state index in [4.69, 9.17) is 0 Å². The Kier molecular flexibility index (Phi) is 4.30. The van der Waals surface area contributed by atoms with E-state index in [2.05, 4.69) is 10.3 Å². The molecule has 3 nitrogen and oxygen atoms in total. The summed E-state index contributed by atoms with van der Waals surface area (Å²) >= 11 is 0. The van der Waals surface area contributed by atoms with E-state index in [1.165, 1.54) is 12.1 Å². The van der Waals surface area contributed by atoms with E-state index in [0.29, 0.717) is 5.56 Å². The van der Waals surface area contributed by atoms with Crippen molar-refractivity contribution in [1.29, 1.82) is 0 Å². The van der Waals surface area contributed by atoms with Crippen LogP contribution in [-0.4, -0.2) is 10.9 Å². The maximum Gasteiger partial charge on any atom is 0.416 e. The largest absolute Gasteiger partial charge is 0.416 e. The minimum absolute atomic E-state index is 0.0729. The zero-order valence-corrected chi connectivity index (χ0v) is 13.0. The predicted molar refractivity (Wildman–Crippen MR) is 83.1 cm³/mol. The monoisotopic (exact) mass is 334 g/mol. The van der Waals surface area contributed by atoms with Crippen LogP contribution in [0.1, 0.15) is 42.0 Å². The van der Waals surface area contributed by atoms with Crippen molar-refractivity contribution in [3.05, 3.63) is 65.5 Å². The fraction of sp³-hybridized carbons (Fsp3) is 0.333. The molecule has 3 atom stereocenters. The van der Waals surface area contributed by atoms with E-state index >= 15 is 0 Å². The van der Waals surface area contributed by atoms with Gasteiger partial charge < -0.3 is 5.32 Å². The van der Waals surface area contributed by atoms with Gasteiger partial charge in [0.2, 0.25) is 5.91 Å². The van der Waals surface area contributed by atoms with E-state index in [-0.39, 0.29) is 23.8 Å². The number of halogens is 3. The molecular formula is C18H17F3N2O. The summed E-state index contributed by atoms with van der Waals surface area (Å²) in [5.41, 5.74) is 0.998. The van der Waals surface area contributed by atoms with Crippen LogP contribution in [0.15, 0.2) is 48.8 Å². The molecule has 0 bridgehead atoms. The Morgan fingerprint density at radius 1 is 1.25 bits per heavy atom. The van der Waals surface area contributed by atoms with E-state index in [9.17, 15) is 18.0 Å². The summed E-state index contributed by atoms with van der Waals surface area (Å²) in [4.78, 5) is 16.3. The molecule has 24 heavy (non-hydrogen) atoms. The van der Waals surface area contributed by atoms with E-state index in [1.54, 1.807) is 19.3 Å². The molecule has 1 aromatic carbocycles. The van der Waals surface area contributed by atoms with Crippen molar-refractivity contribution < 1.29 is 18.0 Å². The summed E-state index contributed by atoms with van der Waals surface area (Å²) in [6.45, 7) is 1.77. The molecule has 1 fully saturated rings. The van der Waals surface area contributed by atoms with Crippen molar-refractivity contribution >= 4 is 5.91 Å². The Balaban J connectivity index is 1.59. The summed E-state index contributed by atoms with van der Waals surface area (Å²) in [5.74, 6) is 0.0147. The number of nitrogens with one attached hydrogen (secondary N) is 1. The molecule has 0 radical (unpaired) electrons. The number of nitrogens with zero attached hydrogens (tertiary/aromatic N) is 1. The van der Waals surface area contributed by atoms with Gasteiger partial charge in [-0.1, -0.05) is 18.2 Å². The van der Waals surface area contributed by atoms with Crippen molar-refractivity contribution in [2.75, 3.05) is 0 Å². The molecule has 0 aliphatic heterocycles. The topological polar surface area (TPSA) is 42.0 Å². The Bertz CT molecular complexity index is 713. The van der Waals surface area contributed by atoms with Gasteiger partial charge in [0.05, 0.1) is 11.6 Å². The second-order valence-corrected chi connectivity index (χ2v) is 6.09. The van der Waals surface area contributed by atoms with Gasteiger partial charge in [0.1, 0.15) is 0 Å². The zero-order valence-electron chi connectivity index (χ0n) is 13.0. The van der Waals surface area contributed by atoms with Gasteiger partial charge in [-0.3, -0.25) is 9.78 Å². The Hall–Kier alpha value is -2.37. The van der Waals surface area contributed by atoms with Crippen molar-refractivity contribution in [3.63, 3.8) is 0 Å². The number of benzene rings is 1. The average molecular weight is 334 g/mol. The molecule has 0 saturated heterocycles. The predicted octanol–water partition coefficient (Wildman–Crippen LogP) is 4.08. The Labute approximate surface area is 137 Å². The number of hydrogen-bond donors (Lipinski definition) is 1. The molecule has 3 rings (SSSR count). The maximum absolute atomic E-state index is 12.6. The van der Waals surface area contributed by atoms with Crippen LogP contribution in [0.5, 0.6) is 0 Å². The van der Waals surface area contributed by atoms with Crippen molar-refractivity contribution in [1.82, 2.24) is 10.3 Å². The number of aromatic nitrogens is 1. The van der Waals surface area contributed by atoms with Crippen molar-refractivity contribution in [3.8, 4) is 0 Å². The van der Waals surface area contributed by atoms with Crippen LogP contribution in [0.2, 0.25) is 0 Å². The molecule has 126 valence electrons. The highest BCUT2D eigenvalue weighted by atomic mass is 19.4. The van der Waals surface area contributed by atoms with Gasteiger partial charge in [-0.2, -0.15) is 13.2 Å². The Morgan fingerprint density at radius 3 is 2.54 bits per heavy atom. The first-order valence-electron chi connectivity index (χ1n) is 7.73. The summed E-state index contributed by atoms with van der Waals surface area (Å²) in [5, 5.41) is 2.88. The van der Waals surface area contributed by atoms with Gasteiger partial charge in [-0.05, 0) is 48.6 Å². The molecule has 1 aliphatic carbocycles. The van der Waals surface area contributed by atoms with Crippen LogP contribution >= 0.6 is 0 Å². The minimum Gasteiger partial charge on any atom is -0.349 e. The summed E-state index contributed by atoms with van der Waals surface area (Å²) in [6.07, 6.45) is -0.127. The third-order valence-electron chi connectivity index (χ3n) is 4.34. The lowest BCUT2D eigenvalue weighted by Crippen LogP contribution is -2.28. The van der Waals surface area contributed by atoms with E-state index in [0.717, 1.165) is 24.1 Å². The lowest BCUT2D eigenvalue weighted by Gasteiger charge is -2.15. The number of hydrogen-bond acceptors (Lipinski definition) is 2. The third-order valence-corrected chi connectivity index (χ3v) is 4.34. The first-order chi connectivity index (χ1) is 11.4. The zero-order chi connectivity index (χ0) is 17.3. The molecule has 0 spiro atoms. The quantitative estimate of drug-likeness (QED) is 0.915. The number of alkyl halides is 3.